The van der Waals surface area contributed by atoms with Gasteiger partial charge in [-0.3, -0.25) is 4.79 Å². The predicted molar refractivity (Wildman–Crippen MR) is 44.4 cm³/mol. The molecule has 1 aromatic rings. The van der Waals surface area contributed by atoms with Crippen LogP contribution in [0.4, 0.5) is 0 Å². The summed E-state index contributed by atoms with van der Waals surface area (Å²) >= 11 is 0. The van der Waals surface area contributed by atoms with Gasteiger partial charge in [0.1, 0.15) is 18.1 Å². The van der Waals surface area contributed by atoms with Gasteiger partial charge in [0.25, 0.3) is 0 Å². The van der Waals surface area contributed by atoms with Crippen molar-refractivity contribution in [3.63, 3.8) is 0 Å². The van der Waals surface area contributed by atoms with E-state index >= 15 is 0 Å². The zero-order valence-corrected chi connectivity index (χ0v) is 6.73. The van der Waals surface area contributed by atoms with E-state index < -0.39 is 0 Å². The first-order valence-electron chi connectivity index (χ1n) is 3.57. The zero-order chi connectivity index (χ0) is 9.68. The molecular formula is C9H7NO3. The summed E-state index contributed by atoms with van der Waals surface area (Å²) in [6.07, 6.45) is 0.593. The lowest BCUT2D eigenvalue weighted by Crippen LogP contribution is -1.97. The van der Waals surface area contributed by atoms with Crippen LogP contribution in [0.5, 0.6) is 11.5 Å². The molecule has 0 atom stereocenters. The van der Waals surface area contributed by atoms with Gasteiger partial charge in [-0.25, -0.2) is 0 Å². The third kappa shape index (κ3) is 2.49. The standard InChI is InChI=1S/C9H7NO3/c10-6-7-3-8(12)5-9(4-7)13-2-1-11/h1,3-5,12H,2H2. The molecule has 0 aromatic heterocycles. The Balaban J connectivity index is 2.89. The highest BCUT2D eigenvalue weighted by molar-refractivity contribution is 5.52. The van der Waals surface area contributed by atoms with Crippen LogP contribution < -0.4 is 4.74 Å². The van der Waals surface area contributed by atoms with E-state index in [1.165, 1.54) is 18.2 Å². The normalized spacial score (nSPS) is 8.85. The van der Waals surface area contributed by atoms with E-state index in [4.69, 9.17) is 15.1 Å². The summed E-state index contributed by atoms with van der Waals surface area (Å²) in [4.78, 5) is 9.97. The number of phenolic OH excluding ortho intramolecular Hbond substituents is 1. The fraction of sp³-hybridized carbons (Fsp3) is 0.111. The molecule has 1 aromatic carbocycles. The van der Waals surface area contributed by atoms with Gasteiger partial charge in [0, 0.05) is 6.07 Å². The molecule has 0 bridgehead atoms. The fourth-order valence-corrected chi connectivity index (χ4v) is 0.861. The Kier molecular flexibility index (Phi) is 2.87. The van der Waals surface area contributed by atoms with E-state index in [1.807, 2.05) is 6.07 Å². The maximum Gasteiger partial charge on any atom is 0.157 e. The molecule has 4 nitrogen and oxygen atoms in total. The number of hydrogen-bond acceptors (Lipinski definition) is 4. The van der Waals surface area contributed by atoms with Crippen molar-refractivity contribution < 1.29 is 14.6 Å². The molecule has 0 spiro atoms. The second-order valence-electron chi connectivity index (χ2n) is 2.31. The van der Waals surface area contributed by atoms with Gasteiger partial charge in [0.2, 0.25) is 0 Å². The molecule has 4 heteroatoms. The van der Waals surface area contributed by atoms with Crippen LogP contribution in [0.2, 0.25) is 0 Å². The van der Waals surface area contributed by atoms with Gasteiger partial charge in [-0.1, -0.05) is 0 Å². The van der Waals surface area contributed by atoms with Gasteiger partial charge in [0.15, 0.2) is 6.29 Å². The first kappa shape index (κ1) is 9.07. The lowest BCUT2D eigenvalue weighted by atomic mass is 10.2. The Morgan fingerprint density at radius 1 is 1.54 bits per heavy atom. The summed E-state index contributed by atoms with van der Waals surface area (Å²) in [5.74, 6) is 0.253. The number of benzene rings is 1. The number of ether oxygens (including phenoxy) is 1. The number of carbonyl (C=O) groups is 1. The number of nitrogens with zero attached hydrogens (tertiary/aromatic N) is 1. The molecule has 13 heavy (non-hydrogen) atoms. The number of hydrogen-bond donors (Lipinski definition) is 1. The van der Waals surface area contributed by atoms with E-state index in [0.29, 0.717) is 17.6 Å². The Bertz CT molecular complexity index is 354. The Hall–Kier alpha value is -2.02. The maximum absolute atomic E-state index is 9.97. The summed E-state index contributed by atoms with van der Waals surface area (Å²) in [6, 6.07) is 5.95. The van der Waals surface area contributed by atoms with Crippen LogP contribution in [-0.2, 0) is 4.79 Å². The minimum Gasteiger partial charge on any atom is -0.508 e. The van der Waals surface area contributed by atoms with Gasteiger partial charge < -0.3 is 9.84 Å². The second kappa shape index (κ2) is 4.12. The highest BCUT2D eigenvalue weighted by atomic mass is 16.5. The van der Waals surface area contributed by atoms with Crippen molar-refractivity contribution in [1.82, 2.24) is 0 Å². The van der Waals surface area contributed by atoms with Crippen molar-refractivity contribution in [2.75, 3.05) is 6.61 Å². The van der Waals surface area contributed by atoms with E-state index in [1.54, 1.807) is 0 Å². The maximum atomic E-state index is 9.97. The van der Waals surface area contributed by atoms with Crippen molar-refractivity contribution in [3.05, 3.63) is 23.8 Å². The topological polar surface area (TPSA) is 70.3 Å². The number of phenols is 1. The molecule has 0 radical (unpaired) electrons. The van der Waals surface area contributed by atoms with Crippen LogP contribution >= 0.6 is 0 Å². The minimum absolute atomic E-state index is 0.0556. The lowest BCUT2D eigenvalue weighted by molar-refractivity contribution is -0.109. The molecule has 0 aliphatic carbocycles. The van der Waals surface area contributed by atoms with Crippen LogP contribution in [0.15, 0.2) is 18.2 Å². The third-order valence-corrected chi connectivity index (χ3v) is 1.34. The van der Waals surface area contributed by atoms with Crippen LogP contribution in [0, 0.1) is 11.3 Å². The molecule has 0 saturated heterocycles. The zero-order valence-electron chi connectivity index (χ0n) is 6.73. The van der Waals surface area contributed by atoms with E-state index in [2.05, 4.69) is 0 Å². The molecule has 1 N–H and O–H groups in total. The van der Waals surface area contributed by atoms with E-state index in [9.17, 15) is 4.79 Å². The van der Waals surface area contributed by atoms with Crippen molar-refractivity contribution >= 4 is 6.29 Å². The molecule has 0 aliphatic rings. The Labute approximate surface area is 75.0 Å². The second-order valence-corrected chi connectivity index (χ2v) is 2.31. The monoisotopic (exact) mass is 177 g/mol. The molecule has 66 valence electrons. The van der Waals surface area contributed by atoms with Gasteiger partial charge in [0.05, 0.1) is 11.6 Å². The summed E-state index contributed by atoms with van der Waals surface area (Å²) in [5, 5.41) is 17.6. The molecule has 0 saturated carbocycles. The quantitative estimate of drug-likeness (QED) is 0.694. The van der Waals surface area contributed by atoms with Gasteiger partial charge in [-0.15, -0.1) is 0 Å². The Morgan fingerprint density at radius 2 is 2.31 bits per heavy atom. The van der Waals surface area contributed by atoms with Crippen molar-refractivity contribution in [2.24, 2.45) is 0 Å². The molecule has 0 amide bonds. The largest absolute Gasteiger partial charge is 0.508 e. The summed E-state index contributed by atoms with van der Waals surface area (Å²) in [7, 11) is 0. The Morgan fingerprint density at radius 3 is 2.92 bits per heavy atom. The third-order valence-electron chi connectivity index (χ3n) is 1.34. The van der Waals surface area contributed by atoms with Crippen LogP contribution in [0.25, 0.3) is 0 Å². The molecule has 1 rings (SSSR count). The SMILES string of the molecule is N#Cc1cc(O)cc(OCC=O)c1. The first-order chi connectivity index (χ1) is 6.26. The lowest BCUT2D eigenvalue weighted by Gasteiger charge is -2.02. The number of nitriles is 1. The number of carbonyl (C=O) groups excluding carboxylic acids is 1. The summed E-state index contributed by atoms with van der Waals surface area (Å²) in [5.41, 5.74) is 0.292. The molecule has 0 heterocycles. The first-order valence-corrected chi connectivity index (χ1v) is 3.57. The van der Waals surface area contributed by atoms with Gasteiger partial charge in [-0.2, -0.15) is 5.26 Å². The van der Waals surface area contributed by atoms with Crippen molar-refractivity contribution in [2.45, 2.75) is 0 Å². The fourth-order valence-electron chi connectivity index (χ4n) is 0.861. The van der Waals surface area contributed by atoms with Crippen LogP contribution in [-0.4, -0.2) is 18.0 Å². The average Bonchev–Trinajstić information content (AvgIpc) is 2.14. The van der Waals surface area contributed by atoms with Gasteiger partial charge in [-0.05, 0) is 12.1 Å². The highest BCUT2D eigenvalue weighted by Gasteiger charge is 1.99. The molecule has 0 fully saturated rings. The van der Waals surface area contributed by atoms with E-state index in [0.717, 1.165) is 0 Å². The number of aromatic hydroxyl groups is 1. The smallest absolute Gasteiger partial charge is 0.157 e. The molecule has 0 aliphatic heterocycles. The minimum atomic E-state index is -0.0890. The molecule has 0 unspecified atom stereocenters. The number of aldehydes is 1. The van der Waals surface area contributed by atoms with Crippen LogP contribution in [0.1, 0.15) is 5.56 Å². The summed E-state index contributed by atoms with van der Waals surface area (Å²) < 4.78 is 4.90. The summed E-state index contributed by atoms with van der Waals surface area (Å²) in [6.45, 7) is -0.0890. The highest BCUT2D eigenvalue weighted by Crippen LogP contribution is 2.20. The van der Waals surface area contributed by atoms with E-state index in [-0.39, 0.29) is 12.4 Å². The van der Waals surface area contributed by atoms with Gasteiger partial charge >= 0.3 is 0 Å². The molecular weight excluding hydrogens is 170 g/mol. The van der Waals surface area contributed by atoms with Crippen molar-refractivity contribution in [1.29, 1.82) is 5.26 Å². The predicted octanol–water partition coefficient (Wildman–Crippen LogP) is 0.842. The average molecular weight is 177 g/mol. The van der Waals surface area contributed by atoms with Crippen molar-refractivity contribution in [3.8, 4) is 17.6 Å². The number of rotatable bonds is 3. The van der Waals surface area contributed by atoms with Crippen LogP contribution in [0.3, 0.4) is 0 Å².